The van der Waals surface area contributed by atoms with E-state index in [2.05, 4.69) is 0 Å². The van der Waals surface area contributed by atoms with Gasteiger partial charge in [0.15, 0.2) is 5.43 Å². The van der Waals surface area contributed by atoms with E-state index in [1.165, 1.54) is 0 Å². The van der Waals surface area contributed by atoms with Crippen LogP contribution in [0.3, 0.4) is 0 Å². The van der Waals surface area contributed by atoms with Gasteiger partial charge in [0.05, 0.1) is 5.52 Å². The average molecular weight is 162 g/mol. The van der Waals surface area contributed by atoms with Crippen molar-refractivity contribution in [2.24, 2.45) is 7.05 Å². The molecule has 12 heavy (non-hydrogen) atoms. The number of pyridine rings is 1. The van der Waals surface area contributed by atoms with E-state index in [0.717, 1.165) is 11.2 Å². The minimum Gasteiger partial charge on any atom is -0.290 e. The minimum absolute atomic E-state index is 0.0561. The second-order valence-electron chi connectivity index (χ2n) is 2.94. The molecule has 62 valence electrons. The molecular formula is C9H10N2O. The number of nitrogens with zero attached hydrogens (tertiary/aromatic N) is 2. The molecule has 0 aromatic carbocycles. The van der Waals surface area contributed by atoms with Crippen molar-refractivity contribution in [3.05, 3.63) is 40.3 Å². The Balaban J connectivity index is 2.96. The first kappa shape index (κ1) is 7.16. The van der Waals surface area contributed by atoms with E-state index < -0.39 is 0 Å². The van der Waals surface area contributed by atoms with E-state index in [4.69, 9.17) is 0 Å². The van der Waals surface area contributed by atoms with E-state index in [0.29, 0.717) is 0 Å². The summed E-state index contributed by atoms with van der Waals surface area (Å²) in [5, 5.41) is 0. The molecule has 2 heterocycles. The zero-order valence-electron chi connectivity index (χ0n) is 7.11. The van der Waals surface area contributed by atoms with Crippen LogP contribution in [0.25, 0.3) is 5.52 Å². The van der Waals surface area contributed by atoms with Crippen molar-refractivity contribution in [1.29, 1.82) is 0 Å². The van der Waals surface area contributed by atoms with Crippen LogP contribution in [0.1, 0.15) is 5.69 Å². The summed E-state index contributed by atoms with van der Waals surface area (Å²) in [6.07, 6.45) is 1.78. The van der Waals surface area contributed by atoms with Crippen molar-refractivity contribution < 1.29 is 0 Å². The third-order valence-electron chi connectivity index (χ3n) is 2.13. The highest BCUT2D eigenvalue weighted by atomic mass is 16.1. The Kier molecular flexibility index (Phi) is 1.33. The normalized spacial score (nSPS) is 10.8. The second kappa shape index (κ2) is 2.24. The Morgan fingerprint density at radius 2 is 2.08 bits per heavy atom. The van der Waals surface area contributed by atoms with Gasteiger partial charge in [0.2, 0.25) is 0 Å². The van der Waals surface area contributed by atoms with Gasteiger partial charge >= 0.3 is 0 Å². The van der Waals surface area contributed by atoms with Crippen molar-refractivity contribution in [3.63, 3.8) is 0 Å². The summed E-state index contributed by atoms with van der Waals surface area (Å²) < 4.78 is 3.94. The summed E-state index contributed by atoms with van der Waals surface area (Å²) in [4.78, 5) is 11.0. The van der Waals surface area contributed by atoms with Gasteiger partial charge in [-0.15, -0.1) is 0 Å². The Morgan fingerprint density at radius 3 is 2.83 bits per heavy atom. The molecule has 0 atom stereocenters. The van der Waals surface area contributed by atoms with Crippen LogP contribution in [0.2, 0.25) is 0 Å². The first-order valence-electron chi connectivity index (χ1n) is 3.83. The van der Waals surface area contributed by atoms with Crippen molar-refractivity contribution in [2.75, 3.05) is 0 Å². The highest BCUT2D eigenvalue weighted by Gasteiger charge is 1.98. The van der Waals surface area contributed by atoms with Gasteiger partial charge in [-0.05, 0) is 13.0 Å². The predicted octanol–water partition coefficient (Wildman–Crippen LogP) is 0.946. The third-order valence-corrected chi connectivity index (χ3v) is 2.13. The molecule has 0 N–H and O–H groups in total. The predicted molar refractivity (Wildman–Crippen MR) is 47.4 cm³/mol. The van der Waals surface area contributed by atoms with Gasteiger partial charge in [-0.3, -0.25) is 14.0 Å². The molecule has 2 aromatic rings. The second-order valence-corrected chi connectivity index (χ2v) is 2.94. The summed E-state index contributed by atoms with van der Waals surface area (Å²) in [5.41, 5.74) is 2.14. The van der Waals surface area contributed by atoms with Gasteiger partial charge in [-0.25, -0.2) is 0 Å². The molecule has 2 rings (SSSR count). The highest BCUT2D eigenvalue weighted by molar-refractivity contribution is 5.47. The van der Waals surface area contributed by atoms with Crippen LogP contribution in [0.4, 0.5) is 0 Å². The molecule has 0 fully saturated rings. The summed E-state index contributed by atoms with van der Waals surface area (Å²) in [7, 11) is 1.97. The maximum absolute atomic E-state index is 11.0. The molecule has 0 radical (unpaired) electrons. The Hall–Kier alpha value is -1.51. The van der Waals surface area contributed by atoms with Crippen LogP contribution in [0.5, 0.6) is 0 Å². The van der Waals surface area contributed by atoms with Crippen LogP contribution < -0.4 is 5.43 Å². The zero-order valence-corrected chi connectivity index (χ0v) is 7.11. The lowest BCUT2D eigenvalue weighted by atomic mass is 10.4. The van der Waals surface area contributed by atoms with Crippen molar-refractivity contribution >= 4 is 5.52 Å². The fraction of sp³-hybridized carbons (Fsp3) is 0.222. The van der Waals surface area contributed by atoms with E-state index in [1.54, 1.807) is 18.3 Å². The molecule has 0 amide bonds. The third kappa shape index (κ3) is 0.863. The van der Waals surface area contributed by atoms with Crippen molar-refractivity contribution in [1.82, 2.24) is 9.20 Å². The fourth-order valence-electron chi connectivity index (χ4n) is 1.35. The number of hydrogen-bond acceptors (Lipinski definition) is 1. The van der Waals surface area contributed by atoms with Crippen LogP contribution in [0, 0.1) is 6.92 Å². The number of aromatic nitrogens is 2. The van der Waals surface area contributed by atoms with Crippen LogP contribution >= 0.6 is 0 Å². The summed E-state index contributed by atoms with van der Waals surface area (Å²) >= 11 is 0. The highest BCUT2D eigenvalue weighted by Crippen LogP contribution is 2.04. The maximum Gasteiger partial charge on any atom is 0.182 e. The van der Waals surface area contributed by atoms with Gasteiger partial charge in [0.25, 0.3) is 0 Å². The van der Waals surface area contributed by atoms with Crippen molar-refractivity contribution in [2.45, 2.75) is 6.92 Å². The SMILES string of the molecule is Cc1cc2cc(=O)ccn2n1C. The molecule has 0 unspecified atom stereocenters. The first-order chi connectivity index (χ1) is 5.68. The van der Waals surface area contributed by atoms with E-state index in [9.17, 15) is 4.79 Å². The molecule has 3 nitrogen and oxygen atoms in total. The monoisotopic (exact) mass is 162 g/mol. The van der Waals surface area contributed by atoms with Gasteiger partial charge in [0.1, 0.15) is 0 Å². The van der Waals surface area contributed by atoms with Gasteiger partial charge in [0, 0.05) is 31.1 Å². The average Bonchev–Trinajstić information content (AvgIpc) is 2.28. The summed E-state index contributed by atoms with van der Waals surface area (Å²) in [6, 6.07) is 5.18. The van der Waals surface area contributed by atoms with Gasteiger partial charge < -0.3 is 0 Å². The van der Waals surface area contributed by atoms with E-state index >= 15 is 0 Å². The summed E-state index contributed by atoms with van der Waals surface area (Å²) in [6.45, 7) is 2.01. The summed E-state index contributed by atoms with van der Waals surface area (Å²) in [5.74, 6) is 0. The number of aryl methyl sites for hydroxylation is 2. The molecule has 0 saturated heterocycles. The molecule has 0 saturated carbocycles. The standard InChI is InChI=1S/C9H10N2O/c1-7-5-8-6-9(12)3-4-11(8)10(7)2/h3-6H,1-2H3. The lowest BCUT2D eigenvalue weighted by molar-refractivity contribution is 0.681. The minimum atomic E-state index is 0.0561. The van der Waals surface area contributed by atoms with Crippen LogP contribution in [-0.4, -0.2) is 9.20 Å². The molecular weight excluding hydrogens is 152 g/mol. The Morgan fingerprint density at radius 1 is 1.33 bits per heavy atom. The number of hydrogen-bond donors (Lipinski definition) is 0. The lowest BCUT2D eigenvalue weighted by Crippen LogP contribution is -2.04. The Labute approximate surface area is 69.8 Å². The molecule has 3 heteroatoms. The molecule has 0 spiro atoms. The zero-order chi connectivity index (χ0) is 8.72. The number of rotatable bonds is 0. The fourth-order valence-corrected chi connectivity index (χ4v) is 1.35. The quantitative estimate of drug-likeness (QED) is 0.566. The molecule has 0 aliphatic heterocycles. The lowest BCUT2D eigenvalue weighted by Gasteiger charge is -1.99. The first-order valence-corrected chi connectivity index (χ1v) is 3.83. The topological polar surface area (TPSA) is 26.4 Å². The van der Waals surface area contributed by atoms with E-state index in [-0.39, 0.29) is 5.43 Å². The number of fused-ring (bicyclic) bond motifs is 1. The van der Waals surface area contributed by atoms with Crippen LogP contribution in [0.15, 0.2) is 29.2 Å². The smallest absolute Gasteiger partial charge is 0.182 e. The molecule has 0 aliphatic rings. The maximum atomic E-state index is 11.0. The molecule has 0 aliphatic carbocycles. The van der Waals surface area contributed by atoms with Gasteiger partial charge in [-0.2, -0.15) is 0 Å². The van der Waals surface area contributed by atoms with Crippen LogP contribution in [-0.2, 0) is 7.05 Å². The van der Waals surface area contributed by atoms with Gasteiger partial charge in [-0.1, -0.05) is 0 Å². The molecule has 2 aromatic heterocycles. The van der Waals surface area contributed by atoms with E-state index in [1.807, 2.05) is 29.2 Å². The van der Waals surface area contributed by atoms with Crippen molar-refractivity contribution in [3.8, 4) is 0 Å². The largest absolute Gasteiger partial charge is 0.290 e. The Bertz CT molecular complexity index is 479. The molecule has 0 bridgehead atoms.